The number of nitro groups is 1. The van der Waals surface area contributed by atoms with Crippen LogP contribution >= 0.6 is 15.9 Å². The van der Waals surface area contributed by atoms with E-state index in [-0.39, 0.29) is 22.7 Å². The van der Waals surface area contributed by atoms with Gasteiger partial charge in [-0.25, -0.2) is 4.90 Å². The Morgan fingerprint density at radius 3 is 2.58 bits per heavy atom. The molecular formula is C20H16BrN3O7. The molecule has 31 heavy (non-hydrogen) atoms. The Kier molecular flexibility index (Phi) is 4.82. The maximum Gasteiger partial charge on any atom is 0.324 e. The topological polar surface area (TPSA) is 150 Å². The van der Waals surface area contributed by atoms with Gasteiger partial charge in [0.2, 0.25) is 11.8 Å². The van der Waals surface area contributed by atoms with Crippen molar-refractivity contribution in [2.24, 2.45) is 11.8 Å². The minimum Gasteiger partial charge on any atom is -0.508 e. The average Bonchev–Trinajstić information content (AvgIpc) is 3.18. The lowest BCUT2D eigenvalue weighted by atomic mass is 9.80. The number of hydrogen-bond acceptors (Lipinski definition) is 7. The molecule has 0 bridgehead atoms. The number of halogens is 1. The molecule has 2 aromatic carbocycles. The lowest BCUT2D eigenvalue weighted by Gasteiger charge is -2.27. The van der Waals surface area contributed by atoms with Crippen molar-refractivity contribution in [2.45, 2.75) is 18.5 Å². The molecule has 4 atom stereocenters. The zero-order valence-electron chi connectivity index (χ0n) is 16.0. The fourth-order valence-electron chi connectivity index (χ4n) is 4.38. The highest BCUT2D eigenvalue weighted by Crippen LogP contribution is 2.51. The molecule has 0 saturated carbocycles. The summed E-state index contributed by atoms with van der Waals surface area (Å²) in [6.45, 7) is 1.31. The maximum atomic E-state index is 13.4. The standard InChI is InChI=1S/C20H16BrN3O7/c1-20(19(28)29)15-14(16(22-20)12-7-9(21)5-6-13(12)25)17(26)23(18(15)27)10-3-2-4-11(8-10)24(30)31/h2-8,14-16,22,25H,1H3,(H,28,29). The van der Waals surface area contributed by atoms with E-state index in [1.54, 1.807) is 12.1 Å². The van der Waals surface area contributed by atoms with E-state index in [1.165, 1.54) is 31.2 Å². The number of carboxylic acids is 1. The number of carbonyl (C=O) groups excluding carboxylic acids is 2. The Balaban J connectivity index is 1.85. The first-order valence-electron chi connectivity index (χ1n) is 9.18. The van der Waals surface area contributed by atoms with Crippen LogP contribution in [0.5, 0.6) is 5.75 Å². The Labute approximate surface area is 183 Å². The summed E-state index contributed by atoms with van der Waals surface area (Å²) in [5.41, 5.74) is -1.86. The van der Waals surface area contributed by atoms with E-state index >= 15 is 0 Å². The fourth-order valence-corrected chi connectivity index (χ4v) is 4.76. The largest absolute Gasteiger partial charge is 0.508 e. The summed E-state index contributed by atoms with van der Waals surface area (Å²) in [4.78, 5) is 50.1. The number of carboxylic acid groups (broad SMARTS) is 1. The van der Waals surface area contributed by atoms with Gasteiger partial charge in [-0.1, -0.05) is 22.0 Å². The Morgan fingerprint density at radius 1 is 1.23 bits per heavy atom. The minimum absolute atomic E-state index is 0.0106. The number of amides is 2. The second-order valence-corrected chi connectivity index (χ2v) is 8.54. The lowest BCUT2D eigenvalue weighted by molar-refractivity contribution is -0.384. The molecular weight excluding hydrogens is 474 g/mol. The summed E-state index contributed by atoms with van der Waals surface area (Å²) >= 11 is 3.29. The monoisotopic (exact) mass is 489 g/mol. The number of phenolic OH excluding ortho intramolecular Hbond substituents is 1. The van der Waals surface area contributed by atoms with Crippen LogP contribution in [0.25, 0.3) is 0 Å². The van der Waals surface area contributed by atoms with Crippen molar-refractivity contribution >= 4 is 45.1 Å². The maximum absolute atomic E-state index is 13.4. The summed E-state index contributed by atoms with van der Waals surface area (Å²) in [7, 11) is 0. The van der Waals surface area contributed by atoms with Crippen LogP contribution in [0.3, 0.4) is 0 Å². The molecule has 2 aliphatic heterocycles. The van der Waals surface area contributed by atoms with E-state index in [1.807, 2.05) is 0 Å². The molecule has 2 aromatic rings. The van der Waals surface area contributed by atoms with E-state index in [4.69, 9.17) is 0 Å². The van der Waals surface area contributed by atoms with Gasteiger partial charge < -0.3 is 10.2 Å². The van der Waals surface area contributed by atoms with Gasteiger partial charge in [0.15, 0.2) is 0 Å². The van der Waals surface area contributed by atoms with Gasteiger partial charge in [0, 0.05) is 28.2 Å². The number of rotatable bonds is 4. The van der Waals surface area contributed by atoms with Crippen molar-refractivity contribution in [2.75, 3.05) is 4.90 Å². The second-order valence-electron chi connectivity index (χ2n) is 7.62. The molecule has 3 N–H and O–H groups in total. The van der Waals surface area contributed by atoms with Gasteiger partial charge in [-0.15, -0.1) is 0 Å². The molecule has 4 rings (SSSR count). The van der Waals surface area contributed by atoms with Crippen LogP contribution in [0.15, 0.2) is 46.9 Å². The van der Waals surface area contributed by atoms with Crippen LogP contribution in [0, 0.1) is 22.0 Å². The third-order valence-corrected chi connectivity index (χ3v) is 6.35. The first-order chi connectivity index (χ1) is 14.6. The van der Waals surface area contributed by atoms with Gasteiger partial charge in [-0.05, 0) is 31.2 Å². The predicted octanol–water partition coefficient (Wildman–Crippen LogP) is 2.36. The molecule has 2 fully saturated rings. The normalized spacial score (nSPS) is 27.4. The van der Waals surface area contributed by atoms with Crippen LogP contribution in [-0.2, 0) is 14.4 Å². The molecule has 0 aromatic heterocycles. The molecule has 11 heteroatoms. The average molecular weight is 490 g/mol. The minimum atomic E-state index is -1.80. The smallest absolute Gasteiger partial charge is 0.324 e. The van der Waals surface area contributed by atoms with Crippen molar-refractivity contribution in [1.82, 2.24) is 5.32 Å². The highest BCUT2D eigenvalue weighted by atomic mass is 79.9. The molecule has 2 saturated heterocycles. The van der Waals surface area contributed by atoms with Gasteiger partial charge in [0.05, 0.1) is 22.4 Å². The number of non-ortho nitro benzene ring substituents is 1. The van der Waals surface area contributed by atoms with E-state index < -0.39 is 46.1 Å². The number of imide groups is 1. The molecule has 2 amide bonds. The first-order valence-corrected chi connectivity index (χ1v) is 9.97. The number of nitro benzene ring substituents is 1. The van der Waals surface area contributed by atoms with Gasteiger partial charge in [0.1, 0.15) is 11.3 Å². The zero-order valence-corrected chi connectivity index (χ0v) is 17.6. The van der Waals surface area contributed by atoms with Gasteiger partial charge in [-0.2, -0.15) is 0 Å². The van der Waals surface area contributed by atoms with Gasteiger partial charge >= 0.3 is 5.97 Å². The molecule has 160 valence electrons. The molecule has 10 nitrogen and oxygen atoms in total. The van der Waals surface area contributed by atoms with Crippen molar-refractivity contribution in [3.8, 4) is 5.75 Å². The number of fused-ring (bicyclic) bond motifs is 1. The first kappa shape index (κ1) is 20.9. The van der Waals surface area contributed by atoms with E-state index in [9.17, 15) is 34.7 Å². The van der Waals surface area contributed by atoms with Crippen molar-refractivity contribution in [3.63, 3.8) is 0 Å². The number of phenols is 1. The molecule has 2 aliphatic rings. The van der Waals surface area contributed by atoms with Gasteiger partial charge in [-0.3, -0.25) is 29.8 Å². The lowest BCUT2D eigenvalue weighted by Crippen LogP contribution is -2.53. The number of nitrogens with zero attached hydrogens (tertiary/aromatic N) is 2. The van der Waals surface area contributed by atoms with Crippen LogP contribution in [-0.4, -0.2) is 38.5 Å². The van der Waals surface area contributed by atoms with E-state index in [0.29, 0.717) is 4.47 Å². The Bertz CT molecular complexity index is 1150. The van der Waals surface area contributed by atoms with Crippen LogP contribution in [0.4, 0.5) is 11.4 Å². The highest BCUT2D eigenvalue weighted by molar-refractivity contribution is 9.10. The highest BCUT2D eigenvalue weighted by Gasteiger charge is 2.67. The third-order valence-electron chi connectivity index (χ3n) is 5.86. The van der Waals surface area contributed by atoms with Crippen LogP contribution in [0.2, 0.25) is 0 Å². The summed E-state index contributed by atoms with van der Waals surface area (Å²) in [6.07, 6.45) is 0. The number of aromatic hydroxyl groups is 1. The molecule has 0 radical (unpaired) electrons. The number of hydrogen-bond donors (Lipinski definition) is 3. The zero-order chi connectivity index (χ0) is 22.7. The number of carbonyl (C=O) groups is 3. The Morgan fingerprint density at radius 2 is 1.94 bits per heavy atom. The number of aliphatic carboxylic acids is 1. The molecule has 0 spiro atoms. The fraction of sp³-hybridized carbons (Fsp3) is 0.250. The summed E-state index contributed by atoms with van der Waals surface area (Å²) in [5.74, 6) is -5.37. The summed E-state index contributed by atoms with van der Waals surface area (Å²) in [5, 5.41) is 34.2. The quantitative estimate of drug-likeness (QED) is 0.336. The second kappa shape index (κ2) is 7.13. The third kappa shape index (κ3) is 3.08. The molecule has 2 heterocycles. The SMILES string of the molecule is CC1(C(=O)O)NC(c2cc(Br)ccc2O)C2C(=O)N(c3cccc([N+](=O)[O-])c3)C(=O)C21. The number of anilines is 1. The predicted molar refractivity (Wildman–Crippen MR) is 110 cm³/mol. The van der Waals surface area contributed by atoms with Crippen LogP contribution in [0.1, 0.15) is 18.5 Å². The van der Waals surface area contributed by atoms with E-state index in [2.05, 4.69) is 21.2 Å². The Hall–Kier alpha value is -3.31. The van der Waals surface area contributed by atoms with Crippen molar-refractivity contribution < 1.29 is 29.5 Å². The van der Waals surface area contributed by atoms with Crippen molar-refractivity contribution in [1.29, 1.82) is 0 Å². The molecule has 0 aliphatic carbocycles. The van der Waals surface area contributed by atoms with Crippen molar-refractivity contribution in [3.05, 3.63) is 62.6 Å². The number of nitrogens with one attached hydrogen (secondary N) is 1. The summed E-state index contributed by atoms with van der Waals surface area (Å²) in [6, 6.07) is 8.59. The van der Waals surface area contributed by atoms with E-state index in [0.717, 1.165) is 11.0 Å². The van der Waals surface area contributed by atoms with Crippen LogP contribution < -0.4 is 10.2 Å². The van der Waals surface area contributed by atoms with Gasteiger partial charge in [0.25, 0.3) is 5.69 Å². The summed E-state index contributed by atoms with van der Waals surface area (Å²) < 4.78 is 0.592. The number of benzene rings is 2. The molecule has 4 unspecified atom stereocenters.